The number of rotatable bonds is 12. The molecule has 0 spiro atoms. The normalized spacial score (nSPS) is 22.8. The lowest BCUT2D eigenvalue weighted by atomic mass is 9.92. The van der Waals surface area contributed by atoms with Gasteiger partial charge in [0.2, 0.25) is 0 Å². The van der Waals surface area contributed by atoms with E-state index < -0.39 is 6.10 Å². The summed E-state index contributed by atoms with van der Waals surface area (Å²) < 4.78 is 0. The van der Waals surface area contributed by atoms with E-state index in [1.54, 1.807) is 13.1 Å². The minimum Gasteiger partial charge on any atom is -0.385 e. The molecule has 0 bridgehead atoms. The molecule has 0 radical (unpaired) electrons. The lowest BCUT2D eigenvalue weighted by Gasteiger charge is -2.28. The van der Waals surface area contributed by atoms with E-state index in [4.69, 9.17) is 4.99 Å². The summed E-state index contributed by atoms with van der Waals surface area (Å²) in [6, 6.07) is 0. The monoisotopic (exact) mass is 555 g/mol. The average Bonchev–Trinajstić information content (AvgIpc) is 3.20. The second-order valence-corrected chi connectivity index (χ2v) is 11.4. The molecule has 0 aromatic heterocycles. The number of likely N-dealkylation sites (tertiary alicyclic amines) is 1. The summed E-state index contributed by atoms with van der Waals surface area (Å²) in [4.78, 5) is 12.1. The molecule has 2 unspecified atom stereocenters. The Labute approximate surface area is 250 Å². The molecule has 1 saturated heterocycles. The van der Waals surface area contributed by atoms with E-state index in [0.29, 0.717) is 29.3 Å². The maximum Gasteiger partial charge on any atom is 0.0957 e. The van der Waals surface area contributed by atoms with Crippen LogP contribution in [0, 0.1) is 11.8 Å². The number of allylic oxidation sites excluding steroid dienone is 9. The van der Waals surface area contributed by atoms with E-state index >= 15 is 0 Å². The van der Waals surface area contributed by atoms with Gasteiger partial charge in [-0.25, -0.2) is 0 Å². The summed E-state index contributed by atoms with van der Waals surface area (Å²) >= 11 is 0. The molecule has 1 N–H and O–H groups in total. The molecule has 2 heterocycles. The van der Waals surface area contributed by atoms with Crippen molar-refractivity contribution in [1.82, 2.24) is 4.90 Å². The van der Waals surface area contributed by atoms with Crippen molar-refractivity contribution >= 4 is 11.4 Å². The van der Waals surface area contributed by atoms with Crippen LogP contribution in [-0.4, -0.2) is 47.7 Å². The van der Waals surface area contributed by atoms with E-state index in [1.807, 2.05) is 26.0 Å². The van der Waals surface area contributed by atoms with Crippen LogP contribution in [0.1, 0.15) is 73.1 Å². The minimum atomic E-state index is -0.796. The van der Waals surface area contributed by atoms with Crippen molar-refractivity contribution in [1.29, 1.82) is 0 Å². The van der Waals surface area contributed by atoms with Crippen LogP contribution in [0.4, 0.5) is 0 Å². The zero-order valence-electron chi connectivity index (χ0n) is 26.5. The van der Waals surface area contributed by atoms with Crippen molar-refractivity contribution in [2.75, 3.05) is 20.1 Å². The van der Waals surface area contributed by atoms with E-state index in [0.717, 1.165) is 48.4 Å². The Kier molecular flexibility index (Phi) is 14.0. The fraction of sp³-hybridized carbons (Fsp3) is 0.459. The van der Waals surface area contributed by atoms with Crippen LogP contribution in [0.2, 0.25) is 0 Å². The number of aliphatic hydroxyl groups is 1. The zero-order valence-corrected chi connectivity index (χ0v) is 26.5. The van der Waals surface area contributed by atoms with Crippen molar-refractivity contribution in [3.63, 3.8) is 0 Å². The topological polar surface area (TPSA) is 48.2 Å². The second-order valence-electron chi connectivity index (χ2n) is 11.4. The van der Waals surface area contributed by atoms with Crippen LogP contribution in [0.3, 0.4) is 0 Å². The molecule has 2 aliphatic rings. The summed E-state index contributed by atoms with van der Waals surface area (Å²) in [5.74, 6) is 0.658. The third kappa shape index (κ3) is 10.3. The number of nitrogens with zero attached hydrogens (tertiary/aromatic N) is 3. The Bertz CT molecular complexity index is 1200. The minimum absolute atomic E-state index is 0.125. The molecule has 3 atom stereocenters. The van der Waals surface area contributed by atoms with Gasteiger partial charge in [0.05, 0.1) is 17.5 Å². The quantitative estimate of drug-likeness (QED) is 0.148. The van der Waals surface area contributed by atoms with E-state index in [1.165, 1.54) is 30.5 Å². The maximum atomic E-state index is 10.9. The third-order valence-corrected chi connectivity index (χ3v) is 7.98. The molecule has 0 aliphatic carbocycles. The Morgan fingerprint density at radius 2 is 2.00 bits per heavy atom. The molecule has 2 aliphatic heterocycles. The molecule has 1 fully saturated rings. The first-order valence-electron chi connectivity index (χ1n) is 15.1. The van der Waals surface area contributed by atoms with Gasteiger partial charge in [0.1, 0.15) is 0 Å². The molecule has 2 rings (SSSR count). The van der Waals surface area contributed by atoms with E-state index in [2.05, 4.69) is 81.3 Å². The molecule has 222 valence electrons. The number of aliphatic hydroxyl groups excluding tert-OH is 1. The lowest BCUT2D eigenvalue weighted by molar-refractivity contribution is 0.258. The van der Waals surface area contributed by atoms with Crippen LogP contribution in [0.25, 0.3) is 0 Å². The number of aliphatic imine (C=N–C) groups is 2. The first-order chi connectivity index (χ1) is 19.5. The first kappa shape index (κ1) is 34.0. The molecular formula is C37H53N3O. The van der Waals surface area contributed by atoms with Gasteiger partial charge in [0, 0.05) is 38.0 Å². The van der Waals surface area contributed by atoms with Crippen molar-refractivity contribution in [3.05, 3.63) is 108 Å². The van der Waals surface area contributed by atoms with Crippen molar-refractivity contribution in [2.24, 2.45) is 21.8 Å². The van der Waals surface area contributed by atoms with Crippen molar-refractivity contribution in [2.45, 2.75) is 79.2 Å². The largest absolute Gasteiger partial charge is 0.385 e. The van der Waals surface area contributed by atoms with Gasteiger partial charge in [-0.2, -0.15) is 0 Å². The Morgan fingerprint density at radius 1 is 1.27 bits per heavy atom. The molecular weight excluding hydrogens is 502 g/mol. The highest BCUT2D eigenvalue weighted by atomic mass is 16.3. The fourth-order valence-electron chi connectivity index (χ4n) is 5.40. The van der Waals surface area contributed by atoms with Gasteiger partial charge in [-0.05, 0) is 87.3 Å². The van der Waals surface area contributed by atoms with Gasteiger partial charge in [-0.15, -0.1) is 0 Å². The number of unbranched alkanes of at least 4 members (excludes halogenated alkanes) is 1. The lowest BCUT2D eigenvalue weighted by Crippen LogP contribution is -2.27. The fourth-order valence-corrected chi connectivity index (χ4v) is 5.40. The Hall–Kier alpha value is -3.24. The van der Waals surface area contributed by atoms with E-state index in [9.17, 15) is 5.11 Å². The highest BCUT2D eigenvalue weighted by Crippen LogP contribution is 2.28. The Morgan fingerprint density at radius 3 is 2.61 bits per heavy atom. The second kappa shape index (κ2) is 16.9. The maximum absolute atomic E-state index is 10.9. The average molecular weight is 556 g/mol. The van der Waals surface area contributed by atoms with Crippen molar-refractivity contribution < 1.29 is 5.11 Å². The molecule has 41 heavy (non-hydrogen) atoms. The van der Waals surface area contributed by atoms with Crippen LogP contribution < -0.4 is 0 Å². The molecule has 4 nitrogen and oxygen atoms in total. The molecule has 0 amide bonds. The molecule has 0 saturated carbocycles. The highest BCUT2D eigenvalue weighted by Gasteiger charge is 2.22. The number of hydrogen-bond acceptors (Lipinski definition) is 4. The third-order valence-electron chi connectivity index (χ3n) is 7.98. The van der Waals surface area contributed by atoms with Gasteiger partial charge in [0.25, 0.3) is 0 Å². The van der Waals surface area contributed by atoms with Gasteiger partial charge in [0.15, 0.2) is 0 Å². The molecule has 0 aromatic carbocycles. The summed E-state index contributed by atoms with van der Waals surface area (Å²) in [7, 11) is 1.76. The predicted molar refractivity (Wildman–Crippen MR) is 181 cm³/mol. The summed E-state index contributed by atoms with van der Waals surface area (Å²) in [5.41, 5.74) is 8.63. The zero-order chi connectivity index (χ0) is 30.5. The predicted octanol–water partition coefficient (Wildman–Crippen LogP) is 8.89. The van der Waals surface area contributed by atoms with Crippen LogP contribution >= 0.6 is 0 Å². The van der Waals surface area contributed by atoms with Crippen LogP contribution in [-0.2, 0) is 0 Å². The van der Waals surface area contributed by atoms with Gasteiger partial charge in [-0.3, -0.25) is 9.98 Å². The van der Waals surface area contributed by atoms with Crippen LogP contribution in [0.15, 0.2) is 118 Å². The molecule has 0 aromatic rings. The van der Waals surface area contributed by atoms with Gasteiger partial charge < -0.3 is 10.0 Å². The molecule has 4 heteroatoms. The highest BCUT2D eigenvalue weighted by molar-refractivity contribution is 6.12. The van der Waals surface area contributed by atoms with Gasteiger partial charge >= 0.3 is 0 Å². The van der Waals surface area contributed by atoms with E-state index in [-0.39, 0.29) is 5.92 Å². The van der Waals surface area contributed by atoms with Crippen molar-refractivity contribution in [3.8, 4) is 0 Å². The number of hydrogen-bond donors (Lipinski definition) is 1. The van der Waals surface area contributed by atoms with Crippen LogP contribution in [0.5, 0.6) is 0 Å². The first-order valence-corrected chi connectivity index (χ1v) is 15.1. The summed E-state index contributed by atoms with van der Waals surface area (Å²) in [6.45, 7) is 29.2. The summed E-state index contributed by atoms with van der Waals surface area (Å²) in [5, 5.41) is 10.9. The standard InChI is InChI=1S/C37H53N3O/c1-11-14-17-31-25-40(20-15-16-28(31)7)33(13-3)19-18-32-22-30(9)37(41)24-36(39-32)35(38-10)23-34(26(4)5)29(8)21-27(6)12-2/h12-13,18-19,21,23-24,29,31,37,41H,2,4,7,9,11,14-17,20,22,25H2,1,3,5-6,8,10H3/b19-18-,27-21-,33-13+,34-23-,38-35+/t29?,31-,37?/m0/s1. The Balaban J connectivity index is 2.42. The smallest absolute Gasteiger partial charge is 0.0957 e. The van der Waals surface area contributed by atoms with Gasteiger partial charge in [-0.1, -0.05) is 88.0 Å². The summed E-state index contributed by atoms with van der Waals surface area (Å²) in [6.07, 6.45) is 19.8. The SMILES string of the molecule is C=C/C(C)=C\C(C)/C(=C\C(=N/C)C1=CC(O)C(=C)CC(/C=C\C(=C/C)N2CCCC(=C)[C@@H](CCCC)C2)=N1)C(=C)C.